The smallest absolute Gasteiger partial charge is 0.135 e. The normalized spacial score (nSPS) is 12.5. The molecule has 0 aromatic heterocycles. The molecule has 0 bridgehead atoms. The Morgan fingerprint density at radius 1 is 0.862 bits per heavy atom. The maximum absolute atomic E-state index is 10.3. The summed E-state index contributed by atoms with van der Waals surface area (Å²) in [7, 11) is 0. The summed E-state index contributed by atoms with van der Waals surface area (Å²) in [5.74, 6) is 0.814. The van der Waals surface area contributed by atoms with E-state index in [1.165, 1.54) is 32.1 Å². The zero-order chi connectivity index (χ0) is 20.5. The van der Waals surface area contributed by atoms with Crippen molar-refractivity contribution in [3.8, 4) is 5.75 Å². The summed E-state index contributed by atoms with van der Waals surface area (Å²) in [6.45, 7) is 3.45. The molecule has 3 rings (SSSR count). The molecule has 0 aliphatic rings. The number of hydrogen-bond acceptors (Lipinski definition) is 3. The van der Waals surface area contributed by atoms with E-state index < -0.39 is 6.10 Å². The number of benzene rings is 3. The third-order valence-electron chi connectivity index (χ3n) is 5.15. The molecule has 0 aliphatic carbocycles. The van der Waals surface area contributed by atoms with Gasteiger partial charge in [0.15, 0.2) is 0 Å². The Morgan fingerprint density at radius 2 is 1.62 bits per heavy atom. The van der Waals surface area contributed by atoms with Crippen molar-refractivity contribution >= 4 is 37.5 Å². The predicted octanol–water partition coefficient (Wildman–Crippen LogP) is 6.87. The van der Waals surface area contributed by atoms with Crippen molar-refractivity contribution in [1.82, 2.24) is 0 Å². The largest absolute Gasteiger partial charge is 0.489 e. The molecule has 0 saturated heterocycles. The highest BCUT2D eigenvalue weighted by molar-refractivity contribution is 9.10. The summed E-state index contributed by atoms with van der Waals surface area (Å²) in [6.07, 6.45) is 6.77. The maximum Gasteiger partial charge on any atom is 0.135 e. The molecule has 156 valence electrons. The fourth-order valence-electron chi connectivity index (χ4n) is 3.58. The Balaban J connectivity index is 1.56. The molecule has 1 N–H and O–H groups in total. The molecule has 3 aromatic carbocycles. The van der Waals surface area contributed by atoms with Crippen molar-refractivity contribution in [2.75, 3.05) is 19.8 Å². The number of unbranched alkanes of at least 4 members (excludes halogenated alkanes) is 5. The summed E-state index contributed by atoms with van der Waals surface area (Å²) in [5.41, 5.74) is 0. The Morgan fingerprint density at radius 3 is 2.48 bits per heavy atom. The van der Waals surface area contributed by atoms with E-state index in [2.05, 4.69) is 53.2 Å². The molecule has 1 unspecified atom stereocenters. The zero-order valence-electron chi connectivity index (χ0n) is 17.2. The van der Waals surface area contributed by atoms with E-state index in [9.17, 15) is 5.11 Å². The molecule has 0 radical (unpaired) electrons. The molecule has 4 heteroatoms. The highest BCUT2D eigenvalue weighted by Gasteiger charge is 2.12. The Hall–Kier alpha value is -1.62. The minimum Gasteiger partial charge on any atom is -0.489 e. The van der Waals surface area contributed by atoms with Crippen LogP contribution in [-0.4, -0.2) is 31.0 Å². The second kappa shape index (κ2) is 11.5. The first-order valence-corrected chi connectivity index (χ1v) is 11.5. The molecule has 0 heterocycles. The molecule has 1 atom stereocenters. The average molecular weight is 459 g/mol. The summed E-state index contributed by atoms with van der Waals surface area (Å²) in [6, 6.07) is 16.5. The molecular weight excluding hydrogens is 428 g/mol. The van der Waals surface area contributed by atoms with Crippen LogP contribution >= 0.6 is 15.9 Å². The van der Waals surface area contributed by atoms with Crippen LogP contribution in [0.1, 0.15) is 45.4 Å². The van der Waals surface area contributed by atoms with E-state index in [4.69, 9.17) is 9.47 Å². The number of halogens is 1. The van der Waals surface area contributed by atoms with E-state index in [0.29, 0.717) is 13.2 Å². The highest BCUT2D eigenvalue weighted by atomic mass is 79.9. The van der Waals surface area contributed by atoms with Crippen molar-refractivity contribution in [2.24, 2.45) is 0 Å². The van der Waals surface area contributed by atoms with E-state index in [1.54, 1.807) is 0 Å². The fraction of sp³-hybridized carbons (Fsp3) is 0.440. The number of fused-ring (bicyclic) bond motifs is 2. The molecular formula is C25H31BrO3. The molecule has 29 heavy (non-hydrogen) atoms. The second-order valence-electron chi connectivity index (χ2n) is 7.60. The van der Waals surface area contributed by atoms with Crippen LogP contribution < -0.4 is 4.74 Å². The number of hydrogen-bond donors (Lipinski definition) is 1. The second-order valence-corrected chi connectivity index (χ2v) is 8.52. The van der Waals surface area contributed by atoms with Gasteiger partial charge in [-0.05, 0) is 35.4 Å². The molecule has 0 spiro atoms. The monoisotopic (exact) mass is 458 g/mol. The third-order valence-corrected chi connectivity index (χ3v) is 5.64. The first-order valence-electron chi connectivity index (χ1n) is 10.7. The summed E-state index contributed by atoms with van der Waals surface area (Å²) < 4.78 is 12.8. The van der Waals surface area contributed by atoms with Crippen LogP contribution in [0.3, 0.4) is 0 Å². The van der Waals surface area contributed by atoms with Gasteiger partial charge >= 0.3 is 0 Å². The molecule has 0 saturated carbocycles. The number of ether oxygens (including phenoxy) is 2. The summed E-state index contributed by atoms with van der Waals surface area (Å²) in [5, 5.41) is 14.7. The Bertz CT molecular complexity index is 909. The first kappa shape index (κ1) is 22.1. The van der Waals surface area contributed by atoms with Crippen LogP contribution in [-0.2, 0) is 4.74 Å². The molecule has 3 aromatic rings. The number of rotatable bonds is 12. The summed E-state index contributed by atoms with van der Waals surface area (Å²) >= 11 is 3.55. The van der Waals surface area contributed by atoms with Crippen LogP contribution in [0.2, 0.25) is 0 Å². The standard InChI is InChI=1S/C25H31BrO3/c1-2-3-4-5-6-9-14-28-17-22(27)18-29-25-23-11-8-7-10-19(23)15-20-12-13-21(26)16-24(20)25/h7-8,10-13,15-16,22,27H,2-6,9,14,17-18H2,1H3. The van der Waals surface area contributed by atoms with Gasteiger partial charge in [-0.3, -0.25) is 0 Å². The Labute approximate surface area is 182 Å². The SMILES string of the molecule is CCCCCCCCOCC(O)COc1c2ccccc2cc2ccc(Br)cc12. The third kappa shape index (κ3) is 6.43. The molecule has 0 aliphatic heterocycles. The van der Waals surface area contributed by atoms with Gasteiger partial charge in [-0.25, -0.2) is 0 Å². The predicted molar refractivity (Wildman–Crippen MR) is 125 cm³/mol. The van der Waals surface area contributed by atoms with E-state index in [0.717, 1.165) is 38.2 Å². The van der Waals surface area contributed by atoms with Gasteiger partial charge in [-0.15, -0.1) is 0 Å². The maximum atomic E-state index is 10.3. The highest BCUT2D eigenvalue weighted by Crippen LogP contribution is 2.36. The van der Waals surface area contributed by atoms with Crippen LogP contribution in [0.4, 0.5) is 0 Å². The fourth-order valence-corrected chi connectivity index (χ4v) is 3.94. The van der Waals surface area contributed by atoms with Gasteiger partial charge in [0.1, 0.15) is 18.5 Å². The number of aliphatic hydroxyl groups is 1. The summed E-state index contributed by atoms with van der Waals surface area (Å²) in [4.78, 5) is 0. The Kier molecular flexibility index (Phi) is 8.78. The van der Waals surface area contributed by atoms with Crippen molar-refractivity contribution in [3.05, 3.63) is 53.0 Å². The average Bonchev–Trinajstić information content (AvgIpc) is 2.73. The van der Waals surface area contributed by atoms with Gasteiger partial charge in [0, 0.05) is 21.9 Å². The molecule has 3 nitrogen and oxygen atoms in total. The van der Waals surface area contributed by atoms with Gasteiger partial charge in [0.2, 0.25) is 0 Å². The number of aliphatic hydroxyl groups excluding tert-OH is 1. The lowest BCUT2D eigenvalue weighted by Crippen LogP contribution is -2.23. The van der Waals surface area contributed by atoms with E-state index in [1.807, 2.05) is 18.2 Å². The molecule has 0 fully saturated rings. The van der Waals surface area contributed by atoms with Gasteiger partial charge in [-0.2, -0.15) is 0 Å². The minimum atomic E-state index is -0.642. The van der Waals surface area contributed by atoms with Gasteiger partial charge in [0.05, 0.1) is 6.61 Å². The molecule has 0 amide bonds. The van der Waals surface area contributed by atoms with E-state index >= 15 is 0 Å². The van der Waals surface area contributed by atoms with Gasteiger partial charge in [-0.1, -0.05) is 85.3 Å². The minimum absolute atomic E-state index is 0.214. The topological polar surface area (TPSA) is 38.7 Å². The van der Waals surface area contributed by atoms with Crippen LogP contribution in [0.15, 0.2) is 53.0 Å². The van der Waals surface area contributed by atoms with Gasteiger partial charge < -0.3 is 14.6 Å². The van der Waals surface area contributed by atoms with E-state index in [-0.39, 0.29) is 6.61 Å². The van der Waals surface area contributed by atoms with Gasteiger partial charge in [0.25, 0.3) is 0 Å². The van der Waals surface area contributed by atoms with Crippen LogP contribution in [0.5, 0.6) is 5.75 Å². The lowest BCUT2D eigenvalue weighted by molar-refractivity contribution is 0.0115. The van der Waals surface area contributed by atoms with Crippen molar-refractivity contribution in [2.45, 2.75) is 51.6 Å². The zero-order valence-corrected chi connectivity index (χ0v) is 18.8. The first-order chi connectivity index (χ1) is 14.2. The quantitative estimate of drug-likeness (QED) is 0.237. The lowest BCUT2D eigenvalue weighted by Gasteiger charge is -2.16. The van der Waals surface area contributed by atoms with Crippen LogP contribution in [0, 0.1) is 0 Å². The van der Waals surface area contributed by atoms with Crippen molar-refractivity contribution < 1.29 is 14.6 Å². The lowest BCUT2D eigenvalue weighted by atomic mass is 10.0. The van der Waals surface area contributed by atoms with Crippen LogP contribution in [0.25, 0.3) is 21.5 Å². The van der Waals surface area contributed by atoms with Crippen molar-refractivity contribution in [3.63, 3.8) is 0 Å². The van der Waals surface area contributed by atoms with Crippen molar-refractivity contribution in [1.29, 1.82) is 0 Å².